The summed E-state index contributed by atoms with van der Waals surface area (Å²) in [6.07, 6.45) is 3.14. The third-order valence-corrected chi connectivity index (χ3v) is 5.83. The van der Waals surface area contributed by atoms with Crippen LogP contribution >= 0.6 is 23.2 Å². The van der Waals surface area contributed by atoms with Crippen LogP contribution in [0.5, 0.6) is 0 Å². The van der Waals surface area contributed by atoms with Crippen LogP contribution in [0.25, 0.3) is 10.9 Å². The molecule has 0 aliphatic carbocycles. The molecule has 4 rings (SSSR count). The van der Waals surface area contributed by atoms with E-state index in [-0.39, 0.29) is 0 Å². The summed E-state index contributed by atoms with van der Waals surface area (Å²) in [5.74, 6) is 0. The number of para-hydroxylation sites is 1. The smallest absolute Gasteiger partial charge is 0.0486 e. The Balaban J connectivity index is 1.45. The van der Waals surface area contributed by atoms with Gasteiger partial charge in [0.25, 0.3) is 0 Å². The van der Waals surface area contributed by atoms with E-state index >= 15 is 0 Å². The van der Waals surface area contributed by atoms with Crippen LogP contribution in [0.4, 0.5) is 0 Å². The van der Waals surface area contributed by atoms with E-state index in [4.69, 9.17) is 23.2 Å². The molecular weight excluding hydrogens is 399 g/mol. The third-order valence-electron chi connectivity index (χ3n) is 5.25. The summed E-state index contributed by atoms with van der Waals surface area (Å²) in [6, 6.07) is 23.1. The van der Waals surface area contributed by atoms with Crippen molar-refractivity contribution in [2.75, 3.05) is 6.54 Å². The molecule has 0 fully saturated rings. The van der Waals surface area contributed by atoms with Gasteiger partial charge in [0, 0.05) is 40.2 Å². The van der Waals surface area contributed by atoms with E-state index in [1.54, 1.807) is 6.07 Å². The lowest BCUT2D eigenvalue weighted by molar-refractivity contribution is 0.686. The number of nitrogens with one attached hydrogen (secondary N) is 1. The van der Waals surface area contributed by atoms with Gasteiger partial charge in [-0.25, -0.2) is 0 Å². The molecule has 3 aromatic carbocycles. The minimum atomic E-state index is 0.674. The van der Waals surface area contributed by atoms with E-state index in [1.807, 2.05) is 12.1 Å². The fraction of sp³-hybridized carbons (Fsp3) is 0.200. The van der Waals surface area contributed by atoms with Crippen LogP contribution in [-0.4, -0.2) is 11.1 Å². The maximum atomic E-state index is 6.28. The van der Waals surface area contributed by atoms with Gasteiger partial charge in [-0.1, -0.05) is 77.3 Å². The van der Waals surface area contributed by atoms with Gasteiger partial charge in [0.1, 0.15) is 0 Å². The van der Waals surface area contributed by atoms with Gasteiger partial charge in [-0.15, -0.1) is 0 Å². The Bertz CT molecular complexity index is 1110. The number of aromatic nitrogens is 1. The number of nitrogens with zero attached hydrogens (tertiary/aromatic N) is 1. The summed E-state index contributed by atoms with van der Waals surface area (Å²) in [5.41, 5.74) is 6.30. The second-order valence-electron chi connectivity index (χ2n) is 7.45. The van der Waals surface area contributed by atoms with Crippen LogP contribution < -0.4 is 5.32 Å². The highest BCUT2D eigenvalue weighted by Gasteiger charge is 2.09. The van der Waals surface area contributed by atoms with Gasteiger partial charge in [0.05, 0.1) is 0 Å². The standard InChI is InChI=1S/C25H24Cl2N2/c1-18-6-8-19(9-7-18)16-29-17-21(23-4-2-3-5-25(23)29)15-28-13-12-20-10-11-22(26)14-24(20)27/h2-11,14,17,28H,12-13,15-16H2,1H3. The molecule has 0 saturated heterocycles. The van der Waals surface area contributed by atoms with E-state index in [0.717, 1.165) is 36.6 Å². The minimum Gasteiger partial charge on any atom is -0.343 e. The molecule has 0 unspecified atom stereocenters. The van der Waals surface area contributed by atoms with Gasteiger partial charge < -0.3 is 9.88 Å². The number of benzene rings is 3. The van der Waals surface area contributed by atoms with Crippen molar-refractivity contribution < 1.29 is 0 Å². The topological polar surface area (TPSA) is 17.0 Å². The molecule has 0 amide bonds. The first kappa shape index (κ1) is 20.0. The first-order valence-electron chi connectivity index (χ1n) is 9.87. The Kier molecular flexibility index (Phi) is 6.25. The van der Waals surface area contributed by atoms with Crippen molar-refractivity contribution in [3.05, 3.63) is 105 Å². The summed E-state index contributed by atoms with van der Waals surface area (Å²) in [7, 11) is 0. The second-order valence-corrected chi connectivity index (χ2v) is 8.29. The Labute approximate surface area is 182 Å². The first-order valence-corrected chi connectivity index (χ1v) is 10.6. The molecule has 0 aliphatic heterocycles. The predicted molar refractivity (Wildman–Crippen MR) is 124 cm³/mol. The molecule has 0 spiro atoms. The number of hydrogen-bond donors (Lipinski definition) is 1. The molecule has 1 aromatic heterocycles. The van der Waals surface area contributed by atoms with Crippen LogP contribution in [-0.2, 0) is 19.5 Å². The molecule has 4 aromatic rings. The van der Waals surface area contributed by atoms with E-state index in [2.05, 4.69) is 71.5 Å². The van der Waals surface area contributed by atoms with Gasteiger partial charge in [0.2, 0.25) is 0 Å². The fourth-order valence-electron chi connectivity index (χ4n) is 3.66. The molecule has 29 heavy (non-hydrogen) atoms. The minimum absolute atomic E-state index is 0.674. The third kappa shape index (κ3) is 4.84. The van der Waals surface area contributed by atoms with Crippen LogP contribution in [0.15, 0.2) is 72.9 Å². The molecule has 4 heteroatoms. The molecule has 1 N–H and O–H groups in total. The number of halogens is 2. The average molecular weight is 423 g/mol. The molecular formula is C25H24Cl2N2. The molecule has 0 radical (unpaired) electrons. The number of aryl methyl sites for hydroxylation is 1. The number of rotatable bonds is 7. The van der Waals surface area contributed by atoms with E-state index in [0.29, 0.717) is 5.02 Å². The van der Waals surface area contributed by atoms with Gasteiger partial charge in [-0.05, 0) is 54.8 Å². The predicted octanol–water partition coefficient (Wildman–Crippen LogP) is 6.64. The SMILES string of the molecule is Cc1ccc(Cn2cc(CNCCc3ccc(Cl)cc3Cl)c3ccccc32)cc1. The summed E-state index contributed by atoms with van der Waals surface area (Å²) in [6.45, 7) is 4.68. The molecule has 148 valence electrons. The summed E-state index contributed by atoms with van der Waals surface area (Å²) in [4.78, 5) is 0. The summed E-state index contributed by atoms with van der Waals surface area (Å²) >= 11 is 12.3. The van der Waals surface area contributed by atoms with Crippen LogP contribution in [0.3, 0.4) is 0 Å². The zero-order valence-electron chi connectivity index (χ0n) is 16.5. The van der Waals surface area contributed by atoms with Crippen molar-refractivity contribution in [3.63, 3.8) is 0 Å². The zero-order chi connectivity index (χ0) is 20.2. The van der Waals surface area contributed by atoms with Gasteiger partial charge >= 0.3 is 0 Å². The van der Waals surface area contributed by atoms with Crippen molar-refractivity contribution in [3.8, 4) is 0 Å². The van der Waals surface area contributed by atoms with Gasteiger partial charge in [-0.2, -0.15) is 0 Å². The molecule has 0 saturated carbocycles. The lowest BCUT2D eigenvalue weighted by Gasteiger charge is -2.07. The monoisotopic (exact) mass is 422 g/mol. The lowest BCUT2D eigenvalue weighted by Crippen LogP contribution is -2.16. The Morgan fingerprint density at radius 1 is 0.897 bits per heavy atom. The average Bonchev–Trinajstić information content (AvgIpc) is 3.06. The zero-order valence-corrected chi connectivity index (χ0v) is 18.0. The van der Waals surface area contributed by atoms with Crippen LogP contribution in [0.2, 0.25) is 10.0 Å². The normalized spacial score (nSPS) is 11.3. The van der Waals surface area contributed by atoms with E-state index in [1.165, 1.54) is 27.6 Å². The fourth-order valence-corrected chi connectivity index (χ4v) is 4.16. The van der Waals surface area contributed by atoms with Gasteiger partial charge in [-0.3, -0.25) is 0 Å². The maximum absolute atomic E-state index is 6.28. The highest BCUT2D eigenvalue weighted by molar-refractivity contribution is 6.35. The lowest BCUT2D eigenvalue weighted by atomic mass is 10.1. The van der Waals surface area contributed by atoms with E-state index in [9.17, 15) is 0 Å². The van der Waals surface area contributed by atoms with Crippen molar-refractivity contribution in [2.45, 2.75) is 26.4 Å². The molecule has 1 heterocycles. The van der Waals surface area contributed by atoms with Crippen LogP contribution in [0, 0.1) is 6.92 Å². The quantitative estimate of drug-likeness (QED) is 0.330. The highest BCUT2D eigenvalue weighted by atomic mass is 35.5. The maximum Gasteiger partial charge on any atom is 0.0486 e. The highest BCUT2D eigenvalue weighted by Crippen LogP contribution is 2.23. The number of fused-ring (bicyclic) bond motifs is 1. The summed E-state index contributed by atoms with van der Waals surface area (Å²) in [5, 5.41) is 6.27. The number of hydrogen-bond acceptors (Lipinski definition) is 1. The van der Waals surface area contributed by atoms with Crippen molar-refractivity contribution in [2.24, 2.45) is 0 Å². The Morgan fingerprint density at radius 3 is 2.48 bits per heavy atom. The van der Waals surface area contributed by atoms with Gasteiger partial charge in [0.15, 0.2) is 0 Å². The van der Waals surface area contributed by atoms with E-state index < -0.39 is 0 Å². The molecule has 0 aliphatic rings. The van der Waals surface area contributed by atoms with Crippen molar-refractivity contribution in [1.82, 2.24) is 9.88 Å². The molecule has 0 atom stereocenters. The van der Waals surface area contributed by atoms with Crippen LogP contribution in [0.1, 0.15) is 22.3 Å². The molecule has 2 nitrogen and oxygen atoms in total. The molecule has 0 bridgehead atoms. The summed E-state index contributed by atoms with van der Waals surface area (Å²) < 4.78 is 2.34. The second kappa shape index (κ2) is 9.04. The Hall–Kier alpha value is -2.26. The van der Waals surface area contributed by atoms with Crippen molar-refractivity contribution >= 4 is 34.1 Å². The Morgan fingerprint density at radius 2 is 1.69 bits per heavy atom. The largest absolute Gasteiger partial charge is 0.343 e. The first-order chi connectivity index (χ1) is 14.1. The van der Waals surface area contributed by atoms with Crippen molar-refractivity contribution in [1.29, 1.82) is 0 Å².